The molecule has 0 bridgehead atoms. The fourth-order valence-corrected chi connectivity index (χ4v) is 2.12. The Labute approximate surface area is 141 Å². The molecule has 0 aliphatic carbocycles. The smallest absolute Gasteiger partial charge is 0.335 e. The van der Waals surface area contributed by atoms with E-state index in [2.05, 4.69) is 5.32 Å². The van der Waals surface area contributed by atoms with Crippen molar-refractivity contribution in [2.24, 2.45) is 0 Å². The van der Waals surface area contributed by atoms with Gasteiger partial charge in [0.15, 0.2) is 0 Å². The number of benzene rings is 2. The fraction of sp³-hybridized carbons (Fsp3) is 0.263. The summed E-state index contributed by atoms with van der Waals surface area (Å²) in [5, 5.41) is 11.7. The molecule has 0 fully saturated rings. The summed E-state index contributed by atoms with van der Waals surface area (Å²) >= 11 is 0. The average Bonchev–Trinajstić information content (AvgIpc) is 2.48. The number of nitrogens with one attached hydrogen (secondary N) is 1. The van der Waals surface area contributed by atoms with Crippen LogP contribution in [0.15, 0.2) is 48.5 Å². The normalized spacial score (nSPS) is 11.0. The Morgan fingerprint density at radius 3 is 2.08 bits per heavy atom. The van der Waals surface area contributed by atoms with Crippen LogP contribution >= 0.6 is 0 Å². The number of rotatable bonds is 5. The minimum atomic E-state index is -0.983. The zero-order valence-corrected chi connectivity index (χ0v) is 14.0. The molecule has 0 saturated carbocycles. The van der Waals surface area contributed by atoms with E-state index in [0.29, 0.717) is 5.69 Å². The number of carboxylic acid groups (broad SMARTS) is 1. The van der Waals surface area contributed by atoms with Crippen molar-refractivity contribution in [1.82, 2.24) is 0 Å². The van der Waals surface area contributed by atoms with Crippen LogP contribution in [-0.2, 0) is 11.2 Å². The largest absolute Gasteiger partial charge is 0.488 e. The molecular weight excluding hydrogens is 306 g/mol. The van der Waals surface area contributed by atoms with Crippen LogP contribution < -0.4 is 10.1 Å². The molecule has 126 valence electrons. The predicted octanol–water partition coefficient (Wildman–Crippen LogP) is 3.74. The Morgan fingerprint density at radius 2 is 1.58 bits per heavy atom. The van der Waals surface area contributed by atoms with Gasteiger partial charge < -0.3 is 15.2 Å². The van der Waals surface area contributed by atoms with Crippen LogP contribution in [0.25, 0.3) is 0 Å². The first-order valence-electron chi connectivity index (χ1n) is 7.64. The molecule has 0 spiro atoms. The Kier molecular flexibility index (Phi) is 5.24. The number of hydrogen-bond donors (Lipinski definition) is 2. The summed E-state index contributed by atoms with van der Waals surface area (Å²) in [6.07, 6.45) is 0.181. The van der Waals surface area contributed by atoms with Gasteiger partial charge in [-0.2, -0.15) is 0 Å². The van der Waals surface area contributed by atoms with Crippen LogP contribution in [-0.4, -0.2) is 22.6 Å². The number of carbonyl (C=O) groups excluding carboxylic acids is 1. The standard InChI is InChI=1S/C19H21NO4/c1-19(2,3)24-16-10-8-15(9-11-16)20-17(21)12-13-4-6-14(7-5-13)18(22)23/h4-11H,12H2,1-3H3,(H,20,21)(H,22,23). The van der Waals surface area contributed by atoms with Gasteiger partial charge in [0, 0.05) is 5.69 Å². The van der Waals surface area contributed by atoms with E-state index in [1.54, 1.807) is 24.3 Å². The van der Waals surface area contributed by atoms with Crippen molar-refractivity contribution >= 4 is 17.6 Å². The van der Waals surface area contributed by atoms with Crippen molar-refractivity contribution in [1.29, 1.82) is 0 Å². The number of carboxylic acids is 1. The van der Waals surface area contributed by atoms with E-state index < -0.39 is 5.97 Å². The molecule has 2 rings (SSSR count). The molecule has 1 amide bonds. The molecule has 2 N–H and O–H groups in total. The van der Waals surface area contributed by atoms with Gasteiger partial charge in [-0.05, 0) is 62.7 Å². The molecule has 0 aliphatic rings. The molecule has 0 unspecified atom stereocenters. The zero-order valence-electron chi connectivity index (χ0n) is 14.0. The maximum absolute atomic E-state index is 12.1. The Morgan fingerprint density at radius 1 is 1.00 bits per heavy atom. The van der Waals surface area contributed by atoms with Crippen LogP contribution in [0.5, 0.6) is 5.75 Å². The quantitative estimate of drug-likeness (QED) is 0.877. The van der Waals surface area contributed by atoms with E-state index in [1.165, 1.54) is 12.1 Å². The SMILES string of the molecule is CC(C)(C)Oc1ccc(NC(=O)Cc2ccc(C(=O)O)cc2)cc1. The van der Waals surface area contributed by atoms with Crippen molar-refractivity contribution < 1.29 is 19.4 Å². The van der Waals surface area contributed by atoms with Gasteiger partial charge in [0.25, 0.3) is 0 Å². The summed E-state index contributed by atoms with van der Waals surface area (Å²) in [6.45, 7) is 5.91. The van der Waals surface area contributed by atoms with E-state index in [1.807, 2.05) is 32.9 Å². The molecule has 2 aromatic carbocycles. The van der Waals surface area contributed by atoms with Crippen molar-refractivity contribution in [2.75, 3.05) is 5.32 Å². The summed E-state index contributed by atoms with van der Waals surface area (Å²) in [7, 11) is 0. The Balaban J connectivity index is 1.93. The number of anilines is 1. The summed E-state index contributed by atoms with van der Waals surface area (Å²) in [6, 6.07) is 13.4. The zero-order chi connectivity index (χ0) is 17.7. The lowest BCUT2D eigenvalue weighted by Crippen LogP contribution is -2.22. The molecule has 0 aromatic heterocycles. The second-order valence-electron chi connectivity index (χ2n) is 6.47. The monoisotopic (exact) mass is 327 g/mol. The lowest BCUT2D eigenvalue weighted by Gasteiger charge is -2.21. The molecule has 0 heterocycles. The van der Waals surface area contributed by atoms with Crippen LogP contribution in [0, 0.1) is 0 Å². The third kappa shape index (κ3) is 5.43. The first-order valence-corrected chi connectivity index (χ1v) is 7.64. The Hall–Kier alpha value is -2.82. The lowest BCUT2D eigenvalue weighted by atomic mass is 10.1. The van der Waals surface area contributed by atoms with E-state index in [4.69, 9.17) is 9.84 Å². The minimum Gasteiger partial charge on any atom is -0.488 e. The summed E-state index contributed by atoms with van der Waals surface area (Å²) in [5.41, 5.74) is 1.37. The highest BCUT2D eigenvalue weighted by molar-refractivity contribution is 5.92. The molecule has 0 radical (unpaired) electrons. The maximum Gasteiger partial charge on any atom is 0.335 e. The van der Waals surface area contributed by atoms with E-state index in [9.17, 15) is 9.59 Å². The fourth-order valence-electron chi connectivity index (χ4n) is 2.12. The molecule has 5 heteroatoms. The van der Waals surface area contributed by atoms with Crippen LogP contribution in [0.1, 0.15) is 36.7 Å². The first kappa shape index (κ1) is 17.5. The van der Waals surface area contributed by atoms with E-state index in [-0.39, 0.29) is 23.5 Å². The van der Waals surface area contributed by atoms with Crippen molar-refractivity contribution in [3.63, 3.8) is 0 Å². The number of aromatic carboxylic acids is 1. The van der Waals surface area contributed by atoms with Crippen molar-refractivity contribution in [3.05, 3.63) is 59.7 Å². The highest BCUT2D eigenvalue weighted by atomic mass is 16.5. The van der Waals surface area contributed by atoms with Crippen LogP contribution in [0.2, 0.25) is 0 Å². The van der Waals surface area contributed by atoms with Gasteiger partial charge in [-0.1, -0.05) is 12.1 Å². The van der Waals surface area contributed by atoms with Gasteiger partial charge in [0.05, 0.1) is 12.0 Å². The summed E-state index contributed by atoms with van der Waals surface area (Å²) in [5.74, 6) is -0.407. The van der Waals surface area contributed by atoms with Crippen molar-refractivity contribution in [2.45, 2.75) is 32.8 Å². The molecule has 0 saturated heterocycles. The number of carbonyl (C=O) groups is 2. The molecular formula is C19H21NO4. The molecule has 0 atom stereocenters. The Bertz CT molecular complexity index is 713. The van der Waals surface area contributed by atoms with Gasteiger partial charge in [-0.25, -0.2) is 4.79 Å². The van der Waals surface area contributed by atoms with Crippen molar-refractivity contribution in [3.8, 4) is 5.75 Å². The predicted molar refractivity (Wildman–Crippen MR) is 92.6 cm³/mol. The van der Waals surface area contributed by atoms with Gasteiger partial charge >= 0.3 is 5.97 Å². The highest BCUT2D eigenvalue weighted by Gasteiger charge is 2.12. The number of amides is 1. The number of ether oxygens (including phenoxy) is 1. The molecule has 2 aromatic rings. The lowest BCUT2D eigenvalue weighted by molar-refractivity contribution is -0.115. The number of hydrogen-bond acceptors (Lipinski definition) is 3. The minimum absolute atomic E-state index is 0.164. The van der Waals surface area contributed by atoms with Gasteiger partial charge in [-0.3, -0.25) is 4.79 Å². The molecule has 5 nitrogen and oxygen atoms in total. The first-order chi connectivity index (χ1) is 11.2. The van der Waals surface area contributed by atoms with E-state index >= 15 is 0 Å². The highest BCUT2D eigenvalue weighted by Crippen LogP contribution is 2.20. The summed E-state index contributed by atoms with van der Waals surface area (Å²) in [4.78, 5) is 22.9. The molecule has 0 aliphatic heterocycles. The second-order valence-corrected chi connectivity index (χ2v) is 6.47. The van der Waals surface area contributed by atoms with Gasteiger partial charge in [0.2, 0.25) is 5.91 Å². The van der Waals surface area contributed by atoms with E-state index in [0.717, 1.165) is 11.3 Å². The third-order valence-corrected chi connectivity index (χ3v) is 3.13. The topological polar surface area (TPSA) is 75.6 Å². The summed E-state index contributed by atoms with van der Waals surface area (Å²) < 4.78 is 5.73. The van der Waals surface area contributed by atoms with Gasteiger partial charge in [0.1, 0.15) is 11.4 Å². The van der Waals surface area contributed by atoms with Crippen LogP contribution in [0.3, 0.4) is 0 Å². The second kappa shape index (κ2) is 7.17. The third-order valence-electron chi connectivity index (χ3n) is 3.13. The van der Waals surface area contributed by atoms with Gasteiger partial charge in [-0.15, -0.1) is 0 Å². The molecule has 24 heavy (non-hydrogen) atoms. The van der Waals surface area contributed by atoms with Crippen LogP contribution in [0.4, 0.5) is 5.69 Å². The average molecular weight is 327 g/mol. The maximum atomic E-state index is 12.1.